The molecule has 0 bridgehead atoms. The molecule has 3 aromatic rings. The van der Waals surface area contributed by atoms with Gasteiger partial charge in [-0.15, -0.1) is 0 Å². The average molecular weight is 482 g/mol. The molecule has 1 saturated heterocycles. The van der Waals surface area contributed by atoms with Crippen molar-refractivity contribution in [1.29, 1.82) is 0 Å². The first-order valence-corrected chi connectivity index (χ1v) is 11.8. The first kappa shape index (κ1) is 24.0. The van der Waals surface area contributed by atoms with Crippen molar-refractivity contribution in [1.82, 2.24) is 9.88 Å². The highest BCUT2D eigenvalue weighted by molar-refractivity contribution is 7.80. The number of pyridine rings is 1. The van der Waals surface area contributed by atoms with Gasteiger partial charge in [-0.1, -0.05) is 0 Å². The molecule has 180 valence electrons. The van der Waals surface area contributed by atoms with Gasteiger partial charge in [-0.2, -0.15) is 0 Å². The molecule has 2 heterocycles. The molecule has 4 rings (SSSR count). The van der Waals surface area contributed by atoms with Crippen molar-refractivity contribution in [2.24, 2.45) is 0 Å². The number of thiocarbonyl (C=S) groups is 1. The van der Waals surface area contributed by atoms with Gasteiger partial charge in [0, 0.05) is 30.3 Å². The van der Waals surface area contributed by atoms with E-state index in [0.29, 0.717) is 35.3 Å². The maximum absolute atomic E-state index is 12.9. The van der Waals surface area contributed by atoms with Gasteiger partial charge in [0.25, 0.3) is 5.56 Å². The van der Waals surface area contributed by atoms with E-state index >= 15 is 0 Å². The summed E-state index contributed by atoms with van der Waals surface area (Å²) in [6, 6.07) is 11.6. The molecule has 0 amide bonds. The highest BCUT2D eigenvalue weighted by Gasteiger charge is 2.23. The van der Waals surface area contributed by atoms with Crippen molar-refractivity contribution in [3.05, 3.63) is 63.4 Å². The van der Waals surface area contributed by atoms with E-state index < -0.39 is 0 Å². The number of benzene rings is 2. The van der Waals surface area contributed by atoms with Crippen molar-refractivity contribution in [2.45, 2.75) is 39.3 Å². The van der Waals surface area contributed by atoms with Gasteiger partial charge in [0.1, 0.15) is 11.5 Å². The number of aryl methyl sites for hydroxylation is 2. The summed E-state index contributed by atoms with van der Waals surface area (Å²) in [4.78, 5) is 18.0. The number of rotatable bonds is 7. The van der Waals surface area contributed by atoms with E-state index in [1.807, 2.05) is 36.1 Å². The van der Waals surface area contributed by atoms with E-state index in [1.165, 1.54) is 5.56 Å². The summed E-state index contributed by atoms with van der Waals surface area (Å²) in [7, 11) is 3.21. The lowest BCUT2D eigenvalue weighted by Gasteiger charge is -2.28. The van der Waals surface area contributed by atoms with Crippen LogP contribution in [0.3, 0.4) is 0 Å². The van der Waals surface area contributed by atoms with Gasteiger partial charge in [0.05, 0.1) is 32.6 Å². The second-order valence-electron chi connectivity index (χ2n) is 8.66. The summed E-state index contributed by atoms with van der Waals surface area (Å²) < 4.78 is 16.7. The fourth-order valence-corrected chi connectivity index (χ4v) is 4.44. The number of aromatic amines is 1. The van der Waals surface area contributed by atoms with Gasteiger partial charge < -0.3 is 29.4 Å². The monoisotopic (exact) mass is 481 g/mol. The molecule has 0 radical (unpaired) electrons. The number of hydrogen-bond acceptors (Lipinski definition) is 5. The zero-order valence-electron chi connectivity index (χ0n) is 20.1. The molecule has 2 N–H and O–H groups in total. The highest BCUT2D eigenvalue weighted by Crippen LogP contribution is 2.29. The Balaban J connectivity index is 1.62. The fraction of sp³-hybridized carbons (Fsp3) is 0.385. The molecule has 1 aliphatic rings. The Morgan fingerprint density at radius 2 is 1.97 bits per heavy atom. The molecule has 1 aliphatic heterocycles. The molecule has 1 fully saturated rings. The summed E-state index contributed by atoms with van der Waals surface area (Å²) in [5.74, 6) is 1.31. The molecule has 0 unspecified atom stereocenters. The molecular formula is C26H31N3O4S. The fourth-order valence-electron chi connectivity index (χ4n) is 4.19. The molecule has 2 aromatic carbocycles. The third-order valence-corrected chi connectivity index (χ3v) is 6.64. The molecular weight excluding hydrogens is 450 g/mol. The number of methoxy groups -OCH3 is 2. The molecule has 0 aliphatic carbocycles. The van der Waals surface area contributed by atoms with Crippen molar-refractivity contribution >= 4 is 33.9 Å². The Labute approximate surface area is 205 Å². The number of hydrogen-bond donors (Lipinski definition) is 2. The predicted octanol–water partition coefficient (Wildman–Crippen LogP) is 4.54. The van der Waals surface area contributed by atoms with Crippen LogP contribution in [0.1, 0.15) is 29.5 Å². The number of H-pyrrole nitrogens is 1. The second-order valence-corrected chi connectivity index (χ2v) is 9.05. The third kappa shape index (κ3) is 5.34. The van der Waals surface area contributed by atoms with Crippen molar-refractivity contribution in [3.63, 3.8) is 0 Å². The van der Waals surface area contributed by atoms with Crippen molar-refractivity contribution in [2.75, 3.05) is 32.7 Å². The zero-order chi connectivity index (χ0) is 24.2. The number of ether oxygens (including phenoxy) is 3. The lowest BCUT2D eigenvalue weighted by atomic mass is 10.0. The lowest BCUT2D eigenvalue weighted by molar-refractivity contribution is 0.0904. The van der Waals surface area contributed by atoms with E-state index in [4.69, 9.17) is 26.4 Å². The topological polar surface area (TPSA) is 75.8 Å². The predicted molar refractivity (Wildman–Crippen MR) is 139 cm³/mol. The first-order chi connectivity index (χ1) is 16.4. The van der Waals surface area contributed by atoms with Gasteiger partial charge in [-0.3, -0.25) is 4.79 Å². The molecule has 0 saturated carbocycles. The molecule has 1 aromatic heterocycles. The van der Waals surface area contributed by atoms with Crippen LogP contribution >= 0.6 is 12.2 Å². The highest BCUT2D eigenvalue weighted by atomic mass is 32.1. The van der Waals surface area contributed by atoms with Crippen molar-refractivity contribution < 1.29 is 14.2 Å². The summed E-state index contributed by atoms with van der Waals surface area (Å²) in [6.45, 7) is 5.82. The van der Waals surface area contributed by atoms with Gasteiger partial charge in [0.2, 0.25) is 0 Å². The number of aromatic nitrogens is 1. The van der Waals surface area contributed by atoms with Gasteiger partial charge in [-0.05, 0) is 85.8 Å². The van der Waals surface area contributed by atoms with E-state index in [0.717, 1.165) is 41.6 Å². The van der Waals surface area contributed by atoms with Crippen LogP contribution in [-0.2, 0) is 11.3 Å². The Bertz CT molecular complexity index is 1250. The number of nitrogens with zero attached hydrogens (tertiary/aromatic N) is 1. The average Bonchev–Trinajstić information content (AvgIpc) is 3.34. The largest absolute Gasteiger partial charge is 0.497 e. The molecule has 34 heavy (non-hydrogen) atoms. The van der Waals surface area contributed by atoms with Crippen LogP contribution in [0.2, 0.25) is 0 Å². The Kier molecular flexibility index (Phi) is 7.38. The van der Waals surface area contributed by atoms with E-state index in [9.17, 15) is 4.79 Å². The first-order valence-electron chi connectivity index (χ1n) is 11.4. The summed E-state index contributed by atoms with van der Waals surface area (Å²) in [5, 5.41) is 4.79. The maximum Gasteiger partial charge on any atom is 0.253 e. The molecule has 0 spiro atoms. The van der Waals surface area contributed by atoms with E-state index in [-0.39, 0.29) is 11.7 Å². The normalized spacial score (nSPS) is 15.4. The minimum absolute atomic E-state index is 0.0712. The zero-order valence-corrected chi connectivity index (χ0v) is 20.9. The van der Waals surface area contributed by atoms with Gasteiger partial charge >= 0.3 is 0 Å². The van der Waals surface area contributed by atoms with Crippen LogP contribution in [0.4, 0.5) is 5.69 Å². The number of fused-ring (bicyclic) bond motifs is 1. The quantitative estimate of drug-likeness (QED) is 0.480. The van der Waals surface area contributed by atoms with Crippen molar-refractivity contribution in [3.8, 4) is 11.5 Å². The van der Waals surface area contributed by atoms with Crippen LogP contribution in [0.15, 0.2) is 41.2 Å². The molecule has 8 heteroatoms. The van der Waals surface area contributed by atoms with Crippen LogP contribution in [0, 0.1) is 13.8 Å². The number of nitrogens with one attached hydrogen (secondary N) is 2. The molecule has 1 atom stereocenters. The molecule has 7 nitrogen and oxygen atoms in total. The lowest BCUT2D eigenvalue weighted by Crippen LogP contribution is -2.40. The SMILES string of the molecule is COc1ccc(NC(=S)N(Cc2cc3cc(C)c(C)cc3[nH]c2=O)C[C@@H]2CCCO2)c(OC)c1. The summed E-state index contributed by atoms with van der Waals surface area (Å²) >= 11 is 5.80. The van der Waals surface area contributed by atoms with Crippen LogP contribution in [0.25, 0.3) is 10.9 Å². The van der Waals surface area contributed by atoms with Crippen LogP contribution in [0.5, 0.6) is 11.5 Å². The minimum Gasteiger partial charge on any atom is -0.497 e. The Morgan fingerprint density at radius 1 is 1.18 bits per heavy atom. The minimum atomic E-state index is -0.113. The smallest absolute Gasteiger partial charge is 0.253 e. The summed E-state index contributed by atoms with van der Waals surface area (Å²) in [6.07, 6.45) is 2.07. The third-order valence-electron chi connectivity index (χ3n) is 6.28. The standard InChI is InChI=1S/C26H31N3O4S/c1-16-10-18-12-19(25(30)27-23(18)11-17(16)2)14-29(15-21-6-5-9-33-21)26(34)28-22-8-7-20(31-3)13-24(22)32-4/h7-8,10-13,21H,5-6,9,14-15H2,1-4H3,(H,27,30)(H,28,34)/t21-/m0/s1. The van der Waals surface area contributed by atoms with Gasteiger partial charge in [0.15, 0.2) is 5.11 Å². The maximum atomic E-state index is 12.9. The number of anilines is 1. The van der Waals surface area contributed by atoms with Gasteiger partial charge in [-0.25, -0.2) is 0 Å². The Morgan fingerprint density at radius 3 is 2.68 bits per heavy atom. The Hall–Kier alpha value is -3.10. The van der Waals surface area contributed by atoms with Crippen LogP contribution in [-0.4, -0.2) is 48.5 Å². The summed E-state index contributed by atoms with van der Waals surface area (Å²) in [5.41, 5.74) is 4.44. The van der Waals surface area contributed by atoms with Crippen LogP contribution < -0.4 is 20.3 Å². The van der Waals surface area contributed by atoms with E-state index in [2.05, 4.69) is 23.3 Å². The second kappa shape index (κ2) is 10.4. The van der Waals surface area contributed by atoms with E-state index in [1.54, 1.807) is 20.3 Å².